The zero-order valence-electron chi connectivity index (χ0n) is 15.8. The number of hydrogen-bond donors (Lipinski definition) is 2. The van der Waals surface area contributed by atoms with Crippen molar-refractivity contribution in [3.8, 4) is 0 Å². The zero-order chi connectivity index (χ0) is 20.6. The molecule has 154 valence electrons. The van der Waals surface area contributed by atoms with Gasteiger partial charge in [-0.2, -0.15) is 5.10 Å². The van der Waals surface area contributed by atoms with Crippen molar-refractivity contribution >= 4 is 40.2 Å². The SMILES string of the molecule is COCCOC/C=C/Cn1ncc2nc(NCc3ccc(Cl)c(Cl)c3)[nH]c(=O)c21. The predicted octanol–water partition coefficient (Wildman–Crippen LogP) is 3.26. The normalized spacial score (nSPS) is 11.6. The second-order valence-corrected chi connectivity index (χ2v) is 6.93. The quantitative estimate of drug-likeness (QED) is 0.373. The lowest BCUT2D eigenvalue weighted by molar-refractivity contribution is 0.0852. The Hall–Kier alpha value is -2.39. The van der Waals surface area contributed by atoms with Crippen LogP contribution < -0.4 is 10.9 Å². The first-order valence-corrected chi connectivity index (χ1v) is 9.69. The molecule has 0 amide bonds. The molecule has 2 aromatic heterocycles. The minimum absolute atomic E-state index is 0.270. The first kappa shape index (κ1) is 21.3. The number of aromatic amines is 1. The van der Waals surface area contributed by atoms with E-state index >= 15 is 0 Å². The second kappa shape index (κ2) is 10.4. The van der Waals surface area contributed by atoms with Crippen LogP contribution in [0, 0.1) is 0 Å². The van der Waals surface area contributed by atoms with Gasteiger partial charge in [0.1, 0.15) is 5.52 Å². The Balaban J connectivity index is 1.63. The number of allylic oxidation sites excluding steroid dienone is 1. The Morgan fingerprint density at radius 2 is 2.10 bits per heavy atom. The minimum Gasteiger partial charge on any atom is -0.382 e. The van der Waals surface area contributed by atoms with Crippen LogP contribution in [0.3, 0.4) is 0 Å². The number of H-pyrrole nitrogens is 1. The van der Waals surface area contributed by atoms with Gasteiger partial charge in [0.25, 0.3) is 5.56 Å². The molecule has 3 aromatic rings. The van der Waals surface area contributed by atoms with E-state index in [1.807, 2.05) is 18.2 Å². The molecular weight excluding hydrogens is 417 g/mol. The largest absolute Gasteiger partial charge is 0.382 e. The Morgan fingerprint density at radius 1 is 1.24 bits per heavy atom. The van der Waals surface area contributed by atoms with Crippen LogP contribution in [0.25, 0.3) is 11.0 Å². The number of fused-ring (bicyclic) bond motifs is 1. The molecule has 0 aliphatic carbocycles. The van der Waals surface area contributed by atoms with Gasteiger partial charge in [-0.15, -0.1) is 0 Å². The highest BCUT2D eigenvalue weighted by Gasteiger charge is 2.10. The van der Waals surface area contributed by atoms with Crippen molar-refractivity contribution in [2.24, 2.45) is 0 Å². The summed E-state index contributed by atoms with van der Waals surface area (Å²) in [6.07, 6.45) is 5.32. The van der Waals surface area contributed by atoms with Gasteiger partial charge >= 0.3 is 0 Å². The minimum atomic E-state index is -0.270. The van der Waals surface area contributed by atoms with Crippen LogP contribution >= 0.6 is 23.2 Å². The third kappa shape index (κ3) is 5.80. The van der Waals surface area contributed by atoms with Gasteiger partial charge < -0.3 is 14.8 Å². The lowest BCUT2D eigenvalue weighted by Crippen LogP contribution is -2.16. The number of hydrogen-bond acceptors (Lipinski definition) is 6. The van der Waals surface area contributed by atoms with Crippen LogP contribution in [0.1, 0.15) is 5.56 Å². The molecule has 0 aliphatic rings. The molecule has 2 N–H and O–H groups in total. The number of nitrogens with zero attached hydrogens (tertiary/aromatic N) is 3. The Bertz CT molecular complexity index is 1050. The molecule has 0 saturated carbocycles. The molecule has 0 saturated heterocycles. The van der Waals surface area contributed by atoms with Crippen molar-refractivity contribution in [1.29, 1.82) is 0 Å². The van der Waals surface area contributed by atoms with Gasteiger partial charge in [-0.3, -0.25) is 14.5 Å². The number of anilines is 1. The van der Waals surface area contributed by atoms with E-state index < -0.39 is 0 Å². The van der Waals surface area contributed by atoms with Crippen molar-refractivity contribution in [2.45, 2.75) is 13.1 Å². The zero-order valence-corrected chi connectivity index (χ0v) is 17.3. The van der Waals surface area contributed by atoms with E-state index in [0.29, 0.717) is 59.9 Å². The van der Waals surface area contributed by atoms with E-state index in [1.54, 1.807) is 30.1 Å². The topological polar surface area (TPSA) is 94.1 Å². The molecule has 0 fully saturated rings. The van der Waals surface area contributed by atoms with E-state index in [0.717, 1.165) is 5.56 Å². The van der Waals surface area contributed by atoms with Gasteiger partial charge in [0.05, 0.1) is 42.6 Å². The molecule has 29 heavy (non-hydrogen) atoms. The molecule has 0 aliphatic heterocycles. The molecule has 10 heteroatoms. The molecule has 1 aromatic carbocycles. The monoisotopic (exact) mass is 437 g/mol. The number of benzene rings is 1. The van der Waals surface area contributed by atoms with Crippen LogP contribution in [0.4, 0.5) is 5.95 Å². The highest BCUT2D eigenvalue weighted by atomic mass is 35.5. The summed E-state index contributed by atoms with van der Waals surface area (Å²) in [6.45, 7) is 2.44. The number of methoxy groups -OCH3 is 1. The fourth-order valence-electron chi connectivity index (χ4n) is 2.60. The summed E-state index contributed by atoms with van der Waals surface area (Å²) >= 11 is 11.9. The summed E-state index contributed by atoms with van der Waals surface area (Å²) in [5.74, 6) is 0.357. The number of rotatable bonds is 10. The van der Waals surface area contributed by atoms with Gasteiger partial charge in [0.15, 0.2) is 5.52 Å². The molecule has 0 radical (unpaired) electrons. The lowest BCUT2D eigenvalue weighted by atomic mass is 10.2. The van der Waals surface area contributed by atoms with Gasteiger partial charge in [-0.05, 0) is 17.7 Å². The van der Waals surface area contributed by atoms with E-state index in [4.69, 9.17) is 32.7 Å². The molecule has 8 nitrogen and oxygen atoms in total. The maximum atomic E-state index is 12.5. The van der Waals surface area contributed by atoms with Crippen LogP contribution in [-0.2, 0) is 22.6 Å². The Morgan fingerprint density at radius 3 is 2.90 bits per heavy atom. The molecular formula is C19H21Cl2N5O3. The third-order valence-electron chi connectivity index (χ3n) is 4.03. The van der Waals surface area contributed by atoms with E-state index in [1.165, 1.54) is 0 Å². The van der Waals surface area contributed by atoms with Gasteiger partial charge in [0, 0.05) is 13.7 Å². The maximum absolute atomic E-state index is 12.5. The van der Waals surface area contributed by atoms with Crippen molar-refractivity contribution < 1.29 is 9.47 Å². The summed E-state index contributed by atoms with van der Waals surface area (Å²) in [7, 11) is 1.63. The summed E-state index contributed by atoms with van der Waals surface area (Å²) < 4.78 is 11.9. The van der Waals surface area contributed by atoms with Crippen LogP contribution in [0.2, 0.25) is 10.0 Å². The first-order chi connectivity index (χ1) is 14.1. The smallest absolute Gasteiger partial charge is 0.278 e. The summed E-state index contributed by atoms with van der Waals surface area (Å²) in [6, 6.07) is 5.33. The standard InChI is InChI=1S/C19H21Cl2N5O3/c1-28-8-9-29-7-3-2-6-26-17-16(12-23-26)24-19(25-18(17)27)22-11-13-4-5-14(20)15(21)10-13/h2-5,10,12H,6-9,11H2,1H3,(H2,22,24,25,27)/b3-2+. The maximum Gasteiger partial charge on any atom is 0.278 e. The summed E-state index contributed by atoms with van der Waals surface area (Å²) in [4.78, 5) is 19.7. The number of halogens is 2. The second-order valence-electron chi connectivity index (χ2n) is 6.12. The predicted molar refractivity (Wildman–Crippen MR) is 114 cm³/mol. The van der Waals surface area contributed by atoms with E-state index in [2.05, 4.69) is 20.4 Å². The molecule has 0 bridgehead atoms. The van der Waals surface area contributed by atoms with Gasteiger partial charge in [-0.1, -0.05) is 41.4 Å². The fraction of sp³-hybridized carbons (Fsp3) is 0.316. The van der Waals surface area contributed by atoms with E-state index in [9.17, 15) is 4.79 Å². The van der Waals surface area contributed by atoms with Crippen LogP contribution in [0.15, 0.2) is 41.3 Å². The summed E-state index contributed by atoms with van der Waals surface area (Å²) in [5, 5.41) is 8.29. The average Bonchev–Trinajstić information content (AvgIpc) is 3.12. The molecule has 0 spiro atoms. The molecule has 2 heterocycles. The van der Waals surface area contributed by atoms with Crippen LogP contribution in [-0.4, -0.2) is 46.7 Å². The summed E-state index contributed by atoms with van der Waals surface area (Å²) in [5.41, 5.74) is 1.56. The van der Waals surface area contributed by atoms with Gasteiger partial charge in [-0.25, -0.2) is 4.98 Å². The fourth-order valence-corrected chi connectivity index (χ4v) is 2.92. The lowest BCUT2D eigenvalue weighted by Gasteiger charge is -2.07. The van der Waals surface area contributed by atoms with Gasteiger partial charge in [0.2, 0.25) is 5.95 Å². The van der Waals surface area contributed by atoms with Crippen molar-refractivity contribution in [1.82, 2.24) is 19.7 Å². The van der Waals surface area contributed by atoms with Crippen LogP contribution in [0.5, 0.6) is 0 Å². The molecule has 0 unspecified atom stereocenters. The Labute approximate surface area is 177 Å². The van der Waals surface area contributed by atoms with Crippen molar-refractivity contribution in [3.05, 3.63) is 62.5 Å². The average molecular weight is 438 g/mol. The van der Waals surface area contributed by atoms with Crippen molar-refractivity contribution in [2.75, 3.05) is 32.2 Å². The first-order valence-electron chi connectivity index (χ1n) is 8.94. The highest BCUT2D eigenvalue weighted by molar-refractivity contribution is 6.42. The van der Waals surface area contributed by atoms with Crippen molar-refractivity contribution in [3.63, 3.8) is 0 Å². The Kier molecular flexibility index (Phi) is 7.65. The highest BCUT2D eigenvalue weighted by Crippen LogP contribution is 2.22. The molecule has 0 atom stereocenters. The van der Waals surface area contributed by atoms with E-state index in [-0.39, 0.29) is 5.56 Å². The number of nitrogens with one attached hydrogen (secondary N) is 2. The number of ether oxygens (including phenoxy) is 2. The third-order valence-corrected chi connectivity index (χ3v) is 4.77. The molecule has 3 rings (SSSR count). The number of aromatic nitrogens is 4.